The standard InChI is InChI=1S/C18H25NO/c1-15-9-10-19(13-16(15)2)14-18-8-5-7-17(12-18)6-3-4-11-20/h5,7-8,12,15-16,20H,4,9-11,13-14H2,1-2H3. The average Bonchev–Trinajstić information content (AvgIpc) is 2.44. The van der Waals surface area contributed by atoms with Gasteiger partial charge in [-0.3, -0.25) is 4.90 Å². The van der Waals surface area contributed by atoms with Gasteiger partial charge in [0.2, 0.25) is 0 Å². The number of nitrogens with zero attached hydrogens (tertiary/aromatic N) is 1. The molecule has 20 heavy (non-hydrogen) atoms. The van der Waals surface area contributed by atoms with Gasteiger partial charge in [0.1, 0.15) is 0 Å². The van der Waals surface area contributed by atoms with E-state index in [1.807, 2.05) is 6.07 Å². The highest BCUT2D eigenvalue weighted by atomic mass is 16.2. The van der Waals surface area contributed by atoms with Crippen LogP contribution in [0.2, 0.25) is 0 Å². The molecule has 0 amide bonds. The largest absolute Gasteiger partial charge is 0.395 e. The topological polar surface area (TPSA) is 23.5 Å². The monoisotopic (exact) mass is 271 g/mol. The third kappa shape index (κ3) is 4.37. The van der Waals surface area contributed by atoms with Gasteiger partial charge in [0, 0.05) is 25.1 Å². The van der Waals surface area contributed by atoms with Crippen LogP contribution in [0.25, 0.3) is 0 Å². The Hall–Kier alpha value is -1.30. The fourth-order valence-electron chi connectivity index (χ4n) is 2.72. The minimum absolute atomic E-state index is 0.135. The summed E-state index contributed by atoms with van der Waals surface area (Å²) in [7, 11) is 0. The van der Waals surface area contributed by atoms with E-state index in [2.05, 4.69) is 48.8 Å². The van der Waals surface area contributed by atoms with Crippen molar-refractivity contribution < 1.29 is 5.11 Å². The van der Waals surface area contributed by atoms with Gasteiger partial charge < -0.3 is 5.11 Å². The SMILES string of the molecule is CC1CCN(Cc2cccc(C#CCCO)c2)CC1C. The molecule has 1 aliphatic rings. The van der Waals surface area contributed by atoms with Crippen LogP contribution in [0.3, 0.4) is 0 Å². The molecule has 2 heteroatoms. The lowest BCUT2D eigenvalue weighted by molar-refractivity contribution is 0.132. The van der Waals surface area contributed by atoms with Crippen LogP contribution in [0.5, 0.6) is 0 Å². The van der Waals surface area contributed by atoms with Crippen molar-refractivity contribution in [2.75, 3.05) is 19.7 Å². The Balaban J connectivity index is 1.96. The Bertz CT molecular complexity index is 486. The van der Waals surface area contributed by atoms with Crippen molar-refractivity contribution in [1.82, 2.24) is 4.90 Å². The van der Waals surface area contributed by atoms with Crippen molar-refractivity contribution in [2.24, 2.45) is 11.8 Å². The van der Waals surface area contributed by atoms with Crippen LogP contribution in [0.1, 0.15) is 37.8 Å². The molecule has 0 saturated carbocycles. The number of hydrogen-bond acceptors (Lipinski definition) is 2. The predicted molar refractivity (Wildman–Crippen MR) is 83.2 cm³/mol. The number of aliphatic hydroxyl groups excluding tert-OH is 1. The molecule has 2 nitrogen and oxygen atoms in total. The summed E-state index contributed by atoms with van der Waals surface area (Å²) in [5, 5.41) is 8.75. The maximum absolute atomic E-state index is 8.75. The van der Waals surface area contributed by atoms with E-state index in [0.29, 0.717) is 6.42 Å². The minimum atomic E-state index is 0.135. The molecule has 1 aliphatic heterocycles. The Labute approximate surface area is 122 Å². The number of hydrogen-bond donors (Lipinski definition) is 1. The molecular weight excluding hydrogens is 246 g/mol. The van der Waals surface area contributed by atoms with Crippen molar-refractivity contribution in [2.45, 2.75) is 33.2 Å². The number of piperidine rings is 1. The summed E-state index contributed by atoms with van der Waals surface area (Å²) in [5.74, 6) is 7.73. The van der Waals surface area contributed by atoms with Gasteiger partial charge in [-0.1, -0.05) is 37.8 Å². The maximum atomic E-state index is 8.75. The van der Waals surface area contributed by atoms with Crippen molar-refractivity contribution in [3.63, 3.8) is 0 Å². The number of benzene rings is 1. The third-order valence-corrected chi connectivity index (χ3v) is 4.22. The summed E-state index contributed by atoms with van der Waals surface area (Å²) in [6.07, 6.45) is 1.85. The first-order valence-electron chi connectivity index (χ1n) is 7.60. The molecular formula is C18H25NO. The normalized spacial score (nSPS) is 23.1. The molecule has 1 fully saturated rings. The molecule has 1 N–H and O–H groups in total. The van der Waals surface area contributed by atoms with Gasteiger partial charge in [0.25, 0.3) is 0 Å². The average molecular weight is 271 g/mol. The highest BCUT2D eigenvalue weighted by Crippen LogP contribution is 2.23. The molecule has 2 unspecified atom stereocenters. The van der Waals surface area contributed by atoms with Gasteiger partial charge in [-0.05, 0) is 42.5 Å². The summed E-state index contributed by atoms with van der Waals surface area (Å²) < 4.78 is 0. The lowest BCUT2D eigenvalue weighted by atomic mass is 9.88. The van der Waals surface area contributed by atoms with E-state index in [9.17, 15) is 0 Å². The van der Waals surface area contributed by atoms with Gasteiger partial charge in [-0.15, -0.1) is 0 Å². The molecule has 0 aliphatic carbocycles. The fraction of sp³-hybridized carbons (Fsp3) is 0.556. The summed E-state index contributed by atoms with van der Waals surface area (Å²) in [6.45, 7) is 8.27. The molecule has 2 atom stereocenters. The van der Waals surface area contributed by atoms with Crippen molar-refractivity contribution in [3.8, 4) is 11.8 Å². The second kappa shape index (κ2) is 7.47. The highest BCUT2D eigenvalue weighted by molar-refractivity contribution is 5.37. The smallest absolute Gasteiger partial charge is 0.0540 e. The van der Waals surface area contributed by atoms with E-state index < -0.39 is 0 Å². The third-order valence-electron chi connectivity index (χ3n) is 4.22. The fourth-order valence-corrected chi connectivity index (χ4v) is 2.72. The molecule has 0 bridgehead atoms. The van der Waals surface area contributed by atoms with Gasteiger partial charge in [0.05, 0.1) is 6.61 Å². The van der Waals surface area contributed by atoms with Crippen LogP contribution in [-0.2, 0) is 6.54 Å². The van der Waals surface area contributed by atoms with Crippen LogP contribution in [-0.4, -0.2) is 29.7 Å². The van der Waals surface area contributed by atoms with Gasteiger partial charge >= 0.3 is 0 Å². The van der Waals surface area contributed by atoms with E-state index in [1.165, 1.54) is 25.1 Å². The van der Waals surface area contributed by atoms with E-state index in [1.54, 1.807) is 0 Å². The summed E-state index contributed by atoms with van der Waals surface area (Å²) >= 11 is 0. The highest BCUT2D eigenvalue weighted by Gasteiger charge is 2.22. The van der Waals surface area contributed by atoms with Crippen LogP contribution in [0.15, 0.2) is 24.3 Å². The van der Waals surface area contributed by atoms with E-state index in [0.717, 1.165) is 23.9 Å². The quantitative estimate of drug-likeness (QED) is 0.855. The molecule has 108 valence electrons. The summed E-state index contributed by atoms with van der Waals surface area (Å²) in [4.78, 5) is 2.55. The molecule has 1 aromatic rings. The van der Waals surface area contributed by atoms with E-state index in [4.69, 9.17) is 5.11 Å². The number of rotatable bonds is 3. The van der Waals surface area contributed by atoms with Crippen LogP contribution >= 0.6 is 0 Å². The zero-order valence-corrected chi connectivity index (χ0v) is 12.6. The van der Waals surface area contributed by atoms with E-state index in [-0.39, 0.29) is 6.61 Å². The Morgan fingerprint density at radius 1 is 1.30 bits per heavy atom. The minimum Gasteiger partial charge on any atom is -0.395 e. The van der Waals surface area contributed by atoms with Gasteiger partial charge in [-0.25, -0.2) is 0 Å². The van der Waals surface area contributed by atoms with Crippen molar-refractivity contribution >= 4 is 0 Å². The zero-order chi connectivity index (χ0) is 14.4. The molecule has 1 aromatic carbocycles. The summed E-state index contributed by atoms with van der Waals surface area (Å²) in [5.41, 5.74) is 2.39. The van der Waals surface area contributed by atoms with Gasteiger partial charge in [0.15, 0.2) is 0 Å². The van der Waals surface area contributed by atoms with E-state index >= 15 is 0 Å². The molecule has 1 saturated heterocycles. The summed E-state index contributed by atoms with van der Waals surface area (Å²) in [6, 6.07) is 8.47. The second-order valence-electron chi connectivity index (χ2n) is 5.95. The first-order valence-corrected chi connectivity index (χ1v) is 7.60. The second-order valence-corrected chi connectivity index (χ2v) is 5.95. The zero-order valence-electron chi connectivity index (χ0n) is 12.6. The first-order chi connectivity index (χ1) is 9.69. The Morgan fingerprint density at radius 2 is 2.15 bits per heavy atom. The molecule has 0 aromatic heterocycles. The Kier molecular flexibility index (Phi) is 5.64. The lowest BCUT2D eigenvalue weighted by Crippen LogP contribution is -2.37. The first kappa shape index (κ1) is 15.1. The molecule has 1 heterocycles. The predicted octanol–water partition coefficient (Wildman–Crippen LogP) is 2.90. The molecule has 0 spiro atoms. The van der Waals surface area contributed by atoms with Crippen LogP contribution < -0.4 is 0 Å². The lowest BCUT2D eigenvalue weighted by Gasteiger charge is -2.35. The molecule has 0 radical (unpaired) electrons. The molecule has 2 rings (SSSR count). The Morgan fingerprint density at radius 3 is 2.90 bits per heavy atom. The number of aliphatic hydroxyl groups is 1. The van der Waals surface area contributed by atoms with Crippen LogP contribution in [0.4, 0.5) is 0 Å². The maximum Gasteiger partial charge on any atom is 0.0540 e. The van der Waals surface area contributed by atoms with Crippen molar-refractivity contribution in [3.05, 3.63) is 35.4 Å². The number of likely N-dealkylation sites (tertiary alicyclic amines) is 1. The van der Waals surface area contributed by atoms with Crippen molar-refractivity contribution in [1.29, 1.82) is 0 Å². The van der Waals surface area contributed by atoms with Crippen LogP contribution in [0, 0.1) is 23.7 Å². The van der Waals surface area contributed by atoms with Gasteiger partial charge in [-0.2, -0.15) is 0 Å².